The summed E-state index contributed by atoms with van der Waals surface area (Å²) >= 11 is 0. The smallest absolute Gasteiger partial charge is 0.854 e. The van der Waals surface area contributed by atoms with E-state index in [1.54, 1.807) is 0 Å². The molecule has 0 unspecified atom stereocenters. The molecule has 0 bridgehead atoms. The van der Waals surface area contributed by atoms with E-state index in [2.05, 4.69) is 0 Å². The van der Waals surface area contributed by atoms with Crippen LogP contribution >= 0.6 is 8.60 Å². The van der Waals surface area contributed by atoms with E-state index in [1.807, 2.05) is 0 Å². The minimum atomic E-state index is -3.37. The molecule has 0 spiro atoms. The minimum absolute atomic E-state index is 0. The van der Waals surface area contributed by atoms with Crippen molar-refractivity contribution in [3.05, 3.63) is 0 Å². The third-order valence-electron chi connectivity index (χ3n) is 0. The molecule has 4 radical (unpaired) electrons. The van der Waals surface area contributed by atoms with Gasteiger partial charge in [-0.3, -0.25) is 0 Å². The van der Waals surface area contributed by atoms with Gasteiger partial charge in [0.05, 0.1) is 0 Å². The first kappa shape index (κ1) is 9.53. The van der Waals surface area contributed by atoms with Crippen LogP contribution in [0.3, 0.4) is 0 Å². The van der Waals surface area contributed by atoms with Gasteiger partial charge in [0.2, 0.25) is 0 Å². The second kappa shape index (κ2) is 5.23. The summed E-state index contributed by atoms with van der Waals surface area (Å²) in [4.78, 5) is 25.4. The number of hydrogen-bond donors (Lipinski definition) is 0. The molecule has 0 heterocycles. The van der Waals surface area contributed by atoms with E-state index in [-0.39, 0.29) is 28.7 Å². The van der Waals surface area contributed by atoms with Crippen LogP contribution in [0.4, 0.5) is 0 Å². The Bertz CT molecular complexity index is 15.5. The molecule has 0 rings (SSSR count). The Hall–Kier alpha value is 1.23. The number of hydrogen-bond acceptors (Lipinski definition) is 3. The van der Waals surface area contributed by atoms with Gasteiger partial charge < -0.3 is 23.3 Å². The van der Waals surface area contributed by atoms with Gasteiger partial charge in [0.25, 0.3) is 0 Å². The van der Waals surface area contributed by atoms with Crippen LogP contribution in [-0.4, -0.2) is 27.3 Å². The van der Waals surface area contributed by atoms with Crippen molar-refractivity contribution < 1.29 is 16.1 Å². The summed E-state index contributed by atoms with van der Waals surface area (Å²) in [6, 6.07) is 0. The summed E-state index contributed by atoms with van der Waals surface area (Å²) in [6.07, 6.45) is 0. The second-order valence-corrected chi connectivity index (χ2v) is 0.671. The fourth-order valence-corrected chi connectivity index (χ4v) is 0. The molecular weight excluding hydrogens is 286 g/mol. The molecule has 0 aromatic rings. The van der Waals surface area contributed by atoms with Crippen molar-refractivity contribution in [3.63, 3.8) is 0 Å². The Kier molecular flexibility index (Phi) is 9.97. The molecule has 5 heteroatoms. The van der Waals surface area contributed by atoms with Gasteiger partial charge >= 0.3 is 1.43 Å². The van der Waals surface area contributed by atoms with Crippen molar-refractivity contribution in [2.75, 3.05) is 0 Å². The Balaban J connectivity index is -0.0000000450. The predicted octanol–water partition coefficient (Wildman–Crippen LogP) is -2.97. The topological polar surface area (TPSA) is 69.2 Å². The zero-order valence-corrected chi connectivity index (χ0v) is 6.95. The van der Waals surface area contributed by atoms with Crippen molar-refractivity contribution in [1.29, 1.82) is 0 Å². The van der Waals surface area contributed by atoms with Crippen LogP contribution in [0.25, 0.3) is 0 Å². The molecule has 0 fully saturated rings. The maximum atomic E-state index is 8.48. The van der Waals surface area contributed by atoms with E-state index >= 15 is 0 Å². The molecule has 3 nitrogen and oxygen atoms in total. The zero-order valence-electron chi connectivity index (χ0n) is 3.17. The van der Waals surface area contributed by atoms with E-state index in [0.29, 0.717) is 0 Å². The van der Waals surface area contributed by atoms with E-state index in [1.165, 1.54) is 0 Å². The van der Waals surface area contributed by atoms with Crippen molar-refractivity contribution in [3.8, 4) is 0 Å². The fourth-order valence-electron chi connectivity index (χ4n) is 0. The van der Waals surface area contributed by atoms with E-state index in [9.17, 15) is 0 Å². The van der Waals surface area contributed by atoms with E-state index in [0.717, 1.165) is 0 Å². The van der Waals surface area contributed by atoms with E-state index in [4.69, 9.17) is 14.7 Å². The minimum Gasteiger partial charge on any atom is -0.854 e. The van der Waals surface area contributed by atoms with Crippen molar-refractivity contribution >= 4 is 35.9 Å². The largest absolute Gasteiger partial charge is 1.00 e. The van der Waals surface area contributed by atoms with Crippen LogP contribution in [0, 0.1) is 0 Å². The van der Waals surface area contributed by atoms with Crippen molar-refractivity contribution in [2.24, 2.45) is 0 Å². The molecule has 0 aromatic heterocycles. The summed E-state index contributed by atoms with van der Waals surface area (Å²) < 4.78 is 0. The van der Waals surface area contributed by atoms with Crippen molar-refractivity contribution in [2.45, 2.75) is 0 Å². The Morgan fingerprint density at radius 2 is 1.20 bits per heavy atom. The quantitative estimate of drug-likeness (QED) is 0.353. The summed E-state index contributed by atoms with van der Waals surface area (Å²) in [5, 5.41) is 0. The third-order valence-corrected chi connectivity index (χ3v) is 0. The Labute approximate surface area is 52.3 Å². The maximum absolute atomic E-state index is 8.48. The zero-order chi connectivity index (χ0) is 3.58. The molecule has 0 aliphatic carbocycles. The Morgan fingerprint density at radius 1 is 1.20 bits per heavy atom. The first-order chi connectivity index (χ1) is 1.73. The van der Waals surface area contributed by atoms with Gasteiger partial charge in [0.15, 0.2) is 0 Å². The van der Waals surface area contributed by atoms with Crippen LogP contribution in [0.2, 0.25) is 0 Å². The molecule has 0 aliphatic rings. The summed E-state index contributed by atoms with van der Waals surface area (Å²) in [5.74, 6) is 0. The van der Waals surface area contributed by atoms with Crippen LogP contribution in [0.15, 0.2) is 0 Å². The van der Waals surface area contributed by atoms with Gasteiger partial charge in [-0.15, -0.1) is 0 Å². The molecule has 0 atom stereocenters. The average molecular weight is 287 g/mol. The third kappa shape index (κ3) is 36.0. The van der Waals surface area contributed by atoms with Gasteiger partial charge in [-0.25, -0.2) is 0 Å². The summed E-state index contributed by atoms with van der Waals surface area (Å²) in [7, 11) is -3.37. The second-order valence-electron chi connectivity index (χ2n) is 0.224. The molecule has 0 N–H and O–H groups in total. The predicted molar refractivity (Wildman–Crippen MR) is 13.8 cm³/mol. The maximum Gasteiger partial charge on any atom is 1.00 e. The molecule has 0 amide bonds. The van der Waals surface area contributed by atoms with E-state index < -0.39 is 8.60 Å². The van der Waals surface area contributed by atoms with Gasteiger partial charge in [0, 0.05) is 27.3 Å². The molecule has 0 saturated heterocycles. The summed E-state index contributed by atoms with van der Waals surface area (Å²) in [5.41, 5.74) is 0. The molecule has 0 aromatic carbocycles. The van der Waals surface area contributed by atoms with Crippen LogP contribution in [0.5, 0.6) is 0 Å². The fraction of sp³-hybridized carbons (Fsp3) is 0. The Morgan fingerprint density at radius 3 is 1.20 bits per heavy atom. The monoisotopic (exact) mass is 288 g/mol. The SMILES string of the molecule is [H+].[O-]P([O-])[O-].[Pb]. The normalized spacial score (nSPS) is 7.20. The van der Waals surface area contributed by atoms with Crippen LogP contribution in [0.1, 0.15) is 1.43 Å². The van der Waals surface area contributed by atoms with Gasteiger partial charge in [-0.1, -0.05) is 0 Å². The molecular formula is HO3PPb-2. The van der Waals surface area contributed by atoms with Gasteiger partial charge in [-0.05, 0) is 0 Å². The van der Waals surface area contributed by atoms with Gasteiger partial charge in [0.1, 0.15) is 0 Å². The number of rotatable bonds is 0. The van der Waals surface area contributed by atoms with Crippen LogP contribution < -0.4 is 14.7 Å². The average Bonchev–Trinajstić information content (AvgIpc) is 0.811. The molecule has 5 heavy (non-hydrogen) atoms. The standard InChI is InChI=1S/O3P.Pb/c1-4(2)3;/q-3;/p+1. The molecule has 0 saturated carbocycles. The molecule has 0 aliphatic heterocycles. The van der Waals surface area contributed by atoms with Crippen molar-refractivity contribution in [1.82, 2.24) is 0 Å². The molecule has 30 valence electrons. The first-order valence-electron chi connectivity index (χ1n) is 0.548. The van der Waals surface area contributed by atoms with Gasteiger partial charge in [-0.2, -0.15) is 0 Å². The summed E-state index contributed by atoms with van der Waals surface area (Å²) in [6.45, 7) is 0. The van der Waals surface area contributed by atoms with Crippen LogP contribution in [-0.2, 0) is 0 Å². The first-order valence-corrected chi connectivity index (χ1v) is 1.64.